The van der Waals surface area contributed by atoms with Crippen LogP contribution in [0.15, 0.2) is 35.3 Å². The second-order valence-electron chi connectivity index (χ2n) is 5.10. The Balaban J connectivity index is 2.03. The van der Waals surface area contributed by atoms with Crippen molar-refractivity contribution in [3.63, 3.8) is 0 Å². The number of nitrogens with one attached hydrogen (secondary N) is 1. The Labute approximate surface area is 135 Å². The standard InChI is InChI=1S/C16H22N4OS/c1-11(10-21-3)19-16(17)18-9-14-12(2)20-15(22-14)13-7-5-4-6-8-13/h4-8,11H,9-10H2,1-3H3,(H3,17,18,19). The van der Waals surface area contributed by atoms with Crippen LogP contribution in [0.25, 0.3) is 10.6 Å². The smallest absolute Gasteiger partial charge is 0.189 e. The number of rotatable bonds is 6. The Kier molecular flexibility index (Phi) is 5.91. The van der Waals surface area contributed by atoms with Crippen molar-refractivity contribution >= 4 is 17.3 Å². The number of ether oxygens (including phenoxy) is 1. The summed E-state index contributed by atoms with van der Waals surface area (Å²) in [5.74, 6) is 0.429. The highest BCUT2D eigenvalue weighted by atomic mass is 32.1. The van der Waals surface area contributed by atoms with Crippen molar-refractivity contribution in [1.82, 2.24) is 10.3 Å². The van der Waals surface area contributed by atoms with Gasteiger partial charge < -0.3 is 15.8 Å². The number of aliphatic imine (C=N–C) groups is 1. The van der Waals surface area contributed by atoms with Crippen LogP contribution >= 0.6 is 11.3 Å². The molecule has 1 unspecified atom stereocenters. The molecule has 1 atom stereocenters. The van der Waals surface area contributed by atoms with Gasteiger partial charge >= 0.3 is 0 Å². The lowest BCUT2D eigenvalue weighted by Gasteiger charge is -2.12. The van der Waals surface area contributed by atoms with Crippen LogP contribution in [-0.4, -0.2) is 30.7 Å². The molecule has 0 radical (unpaired) electrons. The third-order valence-electron chi connectivity index (χ3n) is 3.12. The van der Waals surface area contributed by atoms with Crippen LogP contribution in [0.2, 0.25) is 0 Å². The lowest BCUT2D eigenvalue weighted by atomic mass is 10.2. The van der Waals surface area contributed by atoms with Gasteiger partial charge in [0.15, 0.2) is 5.96 Å². The number of thiazole rings is 1. The molecule has 0 spiro atoms. The molecule has 0 aliphatic carbocycles. The molecule has 2 aromatic rings. The molecule has 0 saturated heterocycles. The predicted molar refractivity (Wildman–Crippen MR) is 92.1 cm³/mol. The van der Waals surface area contributed by atoms with Crippen LogP contribution in [0.3, 0.4) is 0 Å². The second kappa shape index (κ2) is 7.91. The van der Waals surface area contributed by atoms with Crippen molar-refractivity contribution < 1.29 is 4.74 Å². The summed E-state index contributed by atoms with van der Waals surface area (Å²) in [6, 6.07) is 10.3. The molecule has 0 amide bonds. The minimum Gasteiger partial charge on any atom is -0.383 e. The molecule has 6 heteroatoms. The van der Waals surface area contributed by atoms with E-state index in [1.807, 2.05) is 32.0 Å². The molecule has 1 aromatic heterocycles. The van der Waals surface area contributed by atoms with Crippen molar-refractivity contribution in [2.75, 3.05) is 13.7 Å². The highest BCUT2D eigenvalue weighted by molar-refractivity contribution is 7.15. The van der Waals surface area contributed by atoms with Gasteiger partial charge in [-0.05, 0) is 13.8 Å². The maximum Gasteiger partial charge on any atom is 0.189 e. The number of methoxy groups -OCH3 is 1. The van der Waals surface area contributed by atoms with E-state index in [2.05, 4.69) is 27.4 Å². The van der Waals surface area contributed by atoms with E-state index >= 15 is 0 Å². The number of guanidine groups is 1. The van der Waals surface area contributed by atoms with Crippen LogP contribution in [0.5, 0.6) is 0 Å². The number of aryl methyl sites for hydroxylation is 1. The fourth-order valence-corrected chi connectivity index (χ4v) is 3.02. The van der Waals surface area contributed by atoms with Gasteiger partial charge in [-0.1, -0.05) is 30.3 Å². The van der Waals surface area contributed by atoms with E-state index in [0.29, 0.717) is 19.1 Å². The molecule has 0 saturated carbocycles. The average molecular weight is 318 g/mol. The first-order chi connectivity index (χ1) is 10.6. The zero-order valence-electron chi connectivity index (χ0n) is 13.2. The monoisotopic (exact) mass is 318 g/mol. The first-order valence-corrected chi connectivity index (χ1v) is 7.99. The number of nitrogens with two attached hydrogens (primary N) is 1. The number of aromatic nitrogens is 1. The molecule has 0 fully saturated rings. The summed E-state index contributed by atoms with van der Waals surface area (Å²) < 4.78 is 5.06. The lowest BCUT2D eigenvalue weighted by Crippen LogP contribution is -2.40. The molecule has 118 valence electrons. The molecule has 1 aromatic carbocycles. The topological polar surface area (TPSA) is 72.5 Å². The van der Waals surface area contributed by atoms with Gasteiger partial charge in [0.05, 0.1) is 18.8 Å². The van der Waals surface area contributed by atoms with Crippen molar-refractivity contribution in [3.05, 3.63) is 40.9 Å². The maximum atomic E-state index is 5.89. The summed E-state index contributed by atoms with van der Waals surface area (Å²) in [6.07, 6.45) is 0. The fraction of sp³-hybridized carbons (Fsp3) is 0.375. The van der Waals surface area contributed by atoms with E-state index in [0.717, 1.165) is 21.1 Å². The highest BCUT2D eigenvalue weighted by Gasteiger charge is 2.09. The summed E-state index contributed by atoms with van der Waals surface area (Å²) in [7, 11) is 1.66. The van der Waals surface area contributed by atoms with Crippen molar-refractivity contribution in [1.29, 1.82) is 0 Å². The third-order valence-corrected chi connectivity index (χ3v) is 4.31. The van der Waals surface area contributed by atoms with E-state index < -0.39 is 0 Å². The van der Waals surface area contributed by atoms with Gasteiger partial charge in [-0.15, -0.1) is 11.3 Å². The zero-order valence-corrected chi connectivity index (χ0v) is 14.0. The highest BCUT2D eigenvalue weighted by Crippen LogP contribution is 2.28. The maximum absolute atomic E-state index is 5.89. The Morgan fingerprint density at radius 3 is 2.82 bits per heavy atom. The SMILES string of the molecule is COCC(C)NC(N)=NCc1sc(-c2ccccc2)nc1C. The van der Waals surface area contributed by atoms with E-state index in [9.17, 15) is 0 Å². The fourth-order valence-electron chi connectivity index (χ4n) is 2.03. The molecule has 1 heterocycles. The predicted octanol–water partition coefficient (Wildman–Crippen LogP) is 2.56. The van der Waals surface area contributed by atoms with Crippen LogP contribution in [0.4, 0.5) is 0 Å². The number of hydrogen-bond acceptors (Lipinski definition) is 4. The van der Waals surface area contributed by atoms with Crippen LogP contribution in [0, 0.1) is 6.92 Å². The Morgan fingerprint density at radius 1 is 1.41 bits per heavy atom. The second-order valence-corrected chi connectivity index (χ2v) is 6.18. The van der Waals surface area contributed by atoms with Gasteiger partial charge in [0, 0.05) is 23.6 Å². The van der Waals surface area contributed by atoms with Crippen molar-refractivity contribution in [3.8, 4) is 10.6 Å². The Hall–Kier alpha value is -1.92. The average Bonchev–Trinajstić information content (AvgIpc) is 2.87. The number of nitrogens with zero attached hydrogens (tertiary/aromatic N) is 2. The minimum absolute atomic E-state index is 0.135. The molecule has 0 bridgehead atoms. The molecule has 2 rings (SSSR count). The number of hydrogen-bond donors (Lipinski definition) is 2. The Bertz CT molecular complexity index is 624. The minimum atomic E-state index is 0.135. The molecule has 3 N–H and O–H groups in total. The van der Waals surface area contributed by atoms with Crippen LogP contribution < -0.4 is 11.1 Å². The van der Waals surface area contributed by atoms with Gasteiger partial charge in [-0.2, -0.15) is 0 Å². The van der Waals surface area contributed by atoms with E-state index in [-0.39, 0.29) is 6.04 Å². The summed E-state index contributed by atoms with van der Waals surface area (Å²) in [5, 5.41) is 4.11. The first-order valence-electron chi connectivity index (χ1n) is 7.17. The molecule has 0 aliphatic rings. The van der Waals surface area contributed by atoms with E-state index in [1.54, 1.807) is 18.4 Å². The summed E-state index contributed by atoms with van der Waals surface area (Å²) in [4.78, 5) is 10.1. The van der Waals surface area contributed by atoms with Gasteiger partial charge in [0.25, 0.3) is 0 Å². The van der Waals surface area contributed by atoms with Gasteiger partial charge in [0.1, 0.15) is 5.01 Å². The lowest BCUT2D eigenvalue weighted by molar-refractivity contribution is 0.179. The van der Waals surface area contributed by atoms with Crippen LogP contribution in [-0.2, 0) is 11.3 Å². The zero-order chi connectivity index (χ0) is 15.9. The molecule has 0 aliphatic heterocycles. The van der Waals surface area contributed by atoms with Gasteiger partial charge in [-0.3, -0.25) is 0 Å². The van der Waals surface area contributed by atoms with Crippen molar-refractivity contribution in [2.45, 2.75) is 26.4 Å². The van der Waals surface area contributed by atoms with Crippen LogP contribution in [0.1, 0.15) is 17.5 Å². The summed E-state index contributed by atoms with van der Waals surface area (Å²) in [6.45, 7) is 5.13. The normalized spacial score (nSPS) is 13.1. The summed E-state index contributed by atoms with van der Waals surface area (Å²) >= 11 is 1.66. The van der Waals surface area contributed by atoms with E-state index in [1.165, 1.54) is 0 Å². The summed E-state index contributed by atoms with van der Waals surface area (Å²) in [5.41, 5.74) is 8.02. The van der Waals surface area contributed by atoms with Gasteiger partial charge in [-0.25, -0.2) is 9.98 Å². The molecule has 5 nitrogen and oxygen atoms in total. The third kappa shape index (κ3) is 4.54. The molecular formula is C16H22N4OS. The van der Waals surface area contributed by atoms with Gasteiger partial charge in [0.2, 0.25) is 0 Å². The quantitative estimate of drug-likeness (QED) is 0.634. The molecule has 22 heavy (non-hydrogen) atoms. The first kappa shape index (κ1) is 16.5. The van der Waals surface area contributed by atoms with E-state index in [4.69, 9.17) is 10.5 Å². The Morgan fingerprint density at radius 2 is 2.14 bits per heavy atom. The number of benzene rings is 1. The van der Waals surface area contributed by atoms with Crippen molar-refractivity contribution in [2.24, 2.45) is 10.7 Å². The molecular weight excluding hydrogens is 296 g/mol. The largest absolute Gasteiger partial charge is 0.383 e.